The van der Waals surface area contributed by atoms with Crippen LogP contribution in [0.2, 0.25) is 0 Å². The second kappa shape index (κ2) is 5.91. The zero-order valence-corrected chi connectivity index (χ0v) is 13.7. The molecule has 1 heterocycles. The Hall–Kier alpha value is -3.40. The first kappa shape index (κ1) is 15.1. The fourth-order valence-corrected chi connectivity index (χ4v) is 3.24. The predicted octanol–water partition coefficient (Wildman–Crippen LogP) is 4.70. The number of carboxylic acid groups (broad SMARTS) is 1. The number of benzene rings is 3. The van der Waals surface area contributed by atoms with Crippen molar-refractivity contribution in [2.24, 2.45) is 0 Å². The highest BCUT2D eigenvalue weighted by Gasteiger charge is 2.17. The number of aromatic carboxylic acids is 1. The van der Waals surface area contributed by atoms with Gasteiger partial charge in [-0.15, -0.1) is 0 Å². The van der Waals surface area contributed by atoms with Crippen molar-refractivity contribution in [3.05, 3.63) is 84.2 Å². The molecule has 0 aliphatic heterocycles. The Balaban J connectivity index is 2.01. The lowest BCUT2D eigenvalue weighted by Gasteiger charge is -2.14. The van der Waals surface area contributed by atoms with Gasteiger partial charge in [-0.2, -0.15) is 0 Å². The monoisotopic (exact) mass is 328 g/mol. The molecule has 0 aliphatic rings. The minimum absolute atomic E-state index is 0.333. The Morgan fingerprint density at radius 2 is 1.64 bits per heavy atom. The van der Waals surface area contributed by atoms with Gasteiger partial charge in [0.25, 0.3) is 0 Å². The molecule has 4 aromatic rings. The van der Waals surface area contributed by atoms with Gasteiger partial charge in [0.05, 0.1) is 22.3 Å². The number of rotatable bonds is 3. The minimum atomic E-state index is -0.918. The third kappa shape index (κ3) is 2.48. The van der Waals surface area contributed by atoms with Crippen LogP contribution in [0.3, 0.4) is 0 Å². The molecule has 1 N–H and O–H groups in total. The van der Waals surface area contributed by atoms with Gasteiger partial charge in [0.2, 0.25) is 0 Å². The number of carboxylic acids is 1. The van der Waals surface area contributed by atoms with Crippen LogP contribution in [0.25, 0.3) is 27.8 Å². The van der Waals surface area contributed by atoms with Crippen molar-refractivity contribution < 1.29 is 9.90 Å². The average Bonchev–Trinajstić information content (AvgIpc) is 3.05. The second-order valence-corrected chi connectivity index (χ2v) is 5.92. The quantitative estimate of drug-likeness (QED) is 0.593. The second-order valence-electron chi connectivity index (χ2n) is 5.92. The van der Waals surface area contributed by atoms with E-state index in [-0.39, 0.29) is 0 Å². The van der Waals surface area contributed by atoms with Gasteiger partial charge in [0, 0.05) is 5.56 Å². The van der Waals surface area contributed by atoms with E-state index in [9.17, 15) is 9.90 Å². The summed E-state index contributed by atoms with van der Waals surface area (Å²) in [6, 6.07) is 21.3. The summed E-state index contributed by atoms with van der Waals surface area (Å²) in [5.74, 6) is -0.918. The van der Waals surface area contributed by atoms with Gasteiger partial charge in [0.15, 0.2) is 0 Å². The van der Waals surface area contributed by atoms with E-state index in [0.717, 1.165) is 27.8 Å². The molecular weight excluding hydrogens is 312 g/mol. The molecule has 25 heavy (non-hydrogen) atoms. The van der Waals surface area contributed by atoms with E-state index in [1.54, 1.807) is 6.33 Å². The smallest absolute Gasteiger partial charge is 0.336 e. The summed E-state index contributed by atoms with van der Waals surface area (Å²) in [6.07, 6.45) is 1.78. The molecule has 4 nitrogen and oxygen atoms in total. The summed E-state index contributed by atoms with van der Waals surface area (Å²) in [7, 11) is 0. The molecule has 0 aliphatic carbocycles. The number of aromatic nitrogens is 2. The van der Waals surface area contributed by atoms with Crippen molar-refractivity contribution in [3.8, 4) is 16.8 Å². The summed E-state index contributed by atoms with van der Waals surface area (Å²) in [5, 5.41) is 9.68. The van der Waals surface area contributed by atoms with E-state index < -0.39 is 5.97 Å². The van der Waals surface area contributed by atoms with Crippen LogP contribution in [0.15, 0.2) is 73.1 Å². The van der Waals surface area contributed by atoms with Crippen LogP contribution in [0, 0.1) is 6.92 Å². The lowest BCUT2D eigenvalue weighted by Crippen LogP contribution is -2.04. The van der Waals surface area contributed by atoms with Gasteiger partial charge in [-0.25, -0.2) is 9.78 Å². The van der Waals surface area contributed by atoms with Crippen LogP contribution in [-0.2, 0) is 0 Å². The first-order valence-corrected chi connectivity index (χ1v) is 8.01. The van der Waals surface area contributed by atoms with E-state index in [2.05, 4.69) is 4.98 Å². The Morgan fingerprint density at radius 1 is 0.920 bits per heavy atom. The number of para-hydroxylation sites is 3. The number of nitrogens with zero attached hydrogens (tertiary/aromatic N) is 2. The van der Waals surface area contributed by atoms with E-state index in [1.165, 1.54) is 0 Å². The third-order valence-corrected chi connectivity index (χ3v) is 4.39. The zero-order chi connectivity index (χ0) is 17.4. The predicted molar refractivity (Wildman–Crippen MR) is 98.2 cm³/mol. The minimum Gasteiger partial charge on any atom is -0.478 e. The van der Waals surface area contributed by atoms with Gasteiger partial charge in [0.1, 0.15) is 6.33 Å². The standard InChI is InChI=1S/C21H16N2O2/c1-14-7-6-9-16(20(14)21(24)25)15-8-2-4-11-18(15)23-13-22-17-10-3-5-12-19(17)23/h2-13H,1H3,(H,24,25). The summed E-state index contributed by atoms with van der Waals surface area (Å²) < 4.78 is 2.00. The van der Waals surface area contributed by atoms with Crippen molar-refractivity contribution in [3.63, 3.8) is 0 Å². The molecule has 1 aromatic heterocycles. The number of aryl methyl sites for hydroxylation is 1. The first-order valence-electron chi connectivity index (χ1n) is 8.01. The first-order chi connectivity index (χ1) is 12.2. The van der Waals surface area contributed by atoms with Crippen molar-refractivity contribution in [1.29, 1.82) is 0 Å². The Morgan fingerprint density at radius 3 is 2.48 bits per heavy atom. The van der Waals surface area contributed by atoms with Crippen molar-refractivity contribution in [1.82, 2.24) is 9.55 Å². The molecule has 0 saturated carbocycles. The van der Waals surface area contributed by atoms with Gasteiger partial charge in [-0.1, -0.05) is 48.5 Å². The van der Waals surface area contributed by atoms with Gasteiger partial charge in [-0.05, 0) is 36.2 Å². The van der Waals surface area contributed by atoms with Crippen molar-refractivity contribution in [2.75, 3.05) is 0 Å². The fourth-order valence-electron chi connectivity index (χ4n) is 3.24. The number of imidazole rings is 1. The van der Waals surface area contributed by atoms with E-state index >= 15 is 0 Å². The van der Waals surface area contributed by atoms with E-state index in [1.807, 2.05) is 78.2 Å². The summed E-state index contributed by atoms with van der Waals surface area (Å²) >= 11 is 0. The van der Waals surface area contributed by atoms with E-state index in [4.69, 9.17) is 0 Å². The Labute approximate surface area is 145 Å². The fraction of sp³-hybridized carbons (Fsp3) is 0.0476. The SMILES string of the molecule is Cc1cccc(-c2ccccc2-n2cnc3ccccc32)c1C(=O)O. The maximum absolute atomic E-state index is 11.8. The number of fused-ring (bicyclic) bond motifs is 1. The van der Waals surface area contributed by atoms with Gasteiger partial charge < -0.3 is 5.11 Å². The van der Waals surface area contributed by atoms with Gasteiger partial charge in [-0.3, -0.25) is 4.57 Å². The molecule has 3 aromatic carbocycles. The molecule has 4 heteroatoms. The summed E-state index contributed by atoms with van der Waals surface area (Å²) in [5.41, 5.74) is 5.45. The number of hydrogen-bond donors (Lipinski definition) is 1. The Bertz CT molecular complexity index is 1100. The normalized spacial score (nSPS) is 10.9. The molecular formula is C21H16N2O2. The average molecular weight is 328 g/mol. The molecule has 0 spiro atoms. The molecule has 0 unspecified atom stereocenters. The molecule has 122 valence electrons. The van der Waals surface area contributed by atoms with Crippen LogP contribution < -0.4 is 0 Å². The topological polar surface area (TPSA) is 55.1 Å². The van der Waals surface area contributed by atoms with Crippen molar-refractivity contribution >= 4 is 17.0 Å². The summed E-state index contributed by atoms with van der Waals surface area (Å²) in [6.45, 7) is 1.82. The van der Waals surface area contributed by atoms with Crippen molar-refractivity contribution in [2.45, 2.75) is 6.92 Å². The lowest BCUT2D eigenvalue weighted by molar-refractivity contribution is 0.0697. The van der Waals surface area contributed by atoms with Crippen LogP contribution in [-0.4, -0.2) is 20.6 Å². The van der Waals surface area contributed by atoms with Crippen LogP contribution >= 0.6 is 0 Å². The molecule has 0 radical (unpaired) electrons. The van der Waals surface area contributed by atoms with E-state index in [0.29, 0.717) is 11.1 Å². The highest BCUT2D eigenvalue weighted by Crippen LogP contribution is 2.32. The maximum Gasteiger partial charge on any atom is 0.336 e. The molecule has 0 fully saturated rings. The van der Waals surface area contributed by atoms with Gasteiger partial charge >= 0.3 is 5.97 Å². The summed E-state index contributed by atoms with van der Waals surface area (Å²) in [4.78, 5) is 16.3. The van der Waals surface area contributed by atoms with Crippen LogP contribution in [0.5, 0.6) is 0 Å². The van der Waals surface area contributed by atoms with Crippen LogP contribution in [0.4, 0.5) is 0 Å². The number of hydrogen-bond acceptors (Lipinski definition) is 2. The molecule has 0 saturated heterocycles. The highest BCUT2D eigenvalue weighted by atomic mass is 16.4. The Kier molecular flexibility index (Phi) is 3.58. The molecule has 0 amide bonds. The third-order valence-electron chi connectivity index (χ3n) is 4.39. The molecule has 4 rings (SSSR count). The highest BCUT2D eigenvalue weighted by molar-refractivity contribution is 5.99. The zero-order valence-electron chi connectivity index (χ0n) is 13.7. The van der Waals surface area contributed by atoms with Crippen LogP contribution in [0.1, 0.15) is 15.9 Å². The molecule has 0 bridgehead atoms. The largest absolute Gasteiger partial charge is 0.478 e. The number of carbonyl (C=O) groups is 1. The molecule has 0 atom stereocenters. The maximum atomic E-state index is 11.8. The lowest BCUT2D eigenvalue weighted by atomic mass is 9.94.